The average Bonchev–Trinajstić information content (AvgIpc) is 3.06. The smallest absolute Gasteiger partial charge is 0.178 e. The molecule has 1 N–H and O–H groups in total. The molecule has 1 heterocycles. The third kappa shape index (κ3) is 6.31. The number of aliphatic hydroxyl groups is 1. The van der Waals surface area contributed by atoms with E-state index < -0.39 is 0 Å². The molecule has 0 aromatic heterocycles. The van der Waals surface area contributed by atoms with Crippen molar-refractivity contribution in [2.45, 2.75) is 50.4 Å². The van der Waals surface area contributed by atoms with Crippen molar-refractivity contribution in [2.24, 2.45) is 10.9 Å². The monoisotopic (exact) mass is 609 g/mol. The molecule has 220 valence electrons. The van der Waals surface area contributed by atoms with Crippen LogP contribution in [0.3, 0.4) is 0 Å². The highest BCUT2D eigenvalue weighted by Gasteiger charge is 2.43. The van der Waals surface area contributed by atoms with E-state index in [1.165, 1.54) is 50.9 Å². The number of hydrogen-bond donors (Lipinski definition) is 1. The zero-order chi connectivity index (χ0) is 29.6. The van der Waals surface area contributed by atoms with Crippen LogP contribution in [0.5, 0.6) is 0 Å². The van der Waals surface area contributed by atoms with E-state index in [4.69, 9.17) is 27.9 Å². The topological polar surface area (TPSA) is 41.8 Å². The maximum atomic E-state index is 10.00. The Labute approximate surface area is 264 Å². The third-order valence-corrected chi connectivity index (χ3v) is 9.86. The van der Waals surface area contributed by atoms with Crippen LogP contribution >= 0.6 is 23.2 Å². The van der Waals surface area contributed by atoms with Gasteiger partial charge in [-0.05, 0) is 114 Å². The fraction of sp³-hybridized carbons (Fsp3) is 0.289. The molecule has 2 atom stereocenters. The summed E-state index contributed by atoms with van der Waals surface area (Å²) in [6.07, 6.45) is 12.1. The molecular formula is C38H37Cl2NO2. The summed E-state index contributed by atoms with van der Waals surface area (Å²) in [5.74, 6) is 0.614. The Hall–Kier alpha value is -3.37. The number of aliphatic imine (C=N–C) groups is 1. The Bertz CT molecular complexity index is 1620. The molecule has 3 aliphatic rings. The van der Waals surface area contributed by atoms with Gasteiger partial charge < -0.3 is 9.84 Å². The summed E-state index contributed by atoms with van der Waals surface area (Å²) in [5, 5.41) is 11.2. The molecule has 7 rings (SSSR count). The van der Waals surface area contributed by atoms with Crippen molar-refractivity contribution < 1.29 is 9.84 Å². The summed E-state index contributed by atoms with van der Waals surface area (Å²) < 4.78 is 4.69. The van der Waals surface area contributed by atoms with Gasteiger partial charge in [0.2, 0.25) is 0 Å². The quantitative estimate of drug-likeness (QED) is 0.237. The van der Waals surface area contributed by atoms with Crippen molar-refractivity contribution in [2.75, 3.05) is 13.3 Å². The van der Waals surface area contributed by atoms with Gasteiger partial charge in [0, 0.05) is 18.2 Å². The van der Waals surface area contributed by atoms with Crippen LogP contribution in [0, 0.1) is 5.92 Å². The Morgan fingerprint density at radius 2 is 1.72 bits per heavy atom. The van der Waals surface area contributed by atoms with Gasteiger partial charge in [0.1, 0.15) is 0 Å². The summed E-state index contributed by atoms with van der Waals surface area (Å²) >= 11 is 13.0. The number of nitrogens with zero attached hydrogens (tertiary/aromatic N) is 1. The number of aliphatic hydroxyl groups excluding tert-OH is 1. The highest BCUT2D eigenvalue weighted by Crippen LogP contribution is 2.53. The number of fused-ring (bicyclic) bond motifs is 5. The highest BCUT2D eigenvalue weighted by atomic mass is 35.5. The van der Waals surface area contributed by atoms with Crippen molar-refractivity contribution in [3.05, 3.63) is 141 Å². The lowest BCUT2D eigenvalue weighted by Crippen LogP contribution is -2.37. The summed E-state index contributed by atoms with van der Waals surface area (Å²) in [7, 11) is 0. The Morgan fingerprint density at radius 3 is 2.44 bits per heavy atom. The molecular weight excluding hydrogens is 573 g/mol. The lowest BCUT2D eigenvalue weighted by molar-refractivity contribution is 0.259. The third-order valence-electron chi connectivity index (χ3n) is 9.12. The van der Waals surface area contributed by atoms with Gasteiger partial charge in [-0.25, -0.2) is 0 Å². The first-order valence-electron chi connectivity index (χ1n) is 15.2. The predicted molar refractivity (Wildman–Crippen MR) is 178 cm³/mol. The molecule has 2 aliphatic carbocycles. The van der Waals surface area contributed by atoms with E-state index in [2.05, 4.69) is 83.9 Å². The maximum Gasteiger partial charge on any atom is 0.178 e. The molecule has 0 radical (unpaired) electrons. The lowest BCUT2D eigenvalue weighted by atomic mass is 9.59. The molecule has 2 unspecified atom stereocenters. The van der Waals surface area contributed by atoms with E-state index in [0.717, 1.165) is 38.5 Å². The number of allylic oxidation sites excluding steroid dienone is 1. The summed E-state index contributed by atoms with van der Waals surface area (Å²) in [6, 6.07) is 30.6. The first-order chi connectivity index (χ1) is 21.1. The molecule has 1 aliphatic heterocycles. The van der Waals surface area contributed by atoms with Crippen LogP contribution in [0.25, 0.3) is 11.1 Å². The molecule has 5 heteroatoms. The van der Waals surface area contributed by atoms with Gasteiger partial charge in [0.25, 0.3) is 0 Å². The van der Waals surface area contributed by atoms with Gasteiger partial charge in [0.05, 0.1) is 16.3 Å². The molecule has 43 heavy (non-hydrogen) atoms. The minimum Gasteiger partial charge on any atom is -0.479 e. The Morgan fingerprint density at radius 1 is 0.884 bits per heavy atom. The molecule has 0 saturated carbocycles. The number of ether oxygens (including phenoxy) is 1. The Balaban J connectivity index is 0.000000491. The zero-order valence-electron chi connectivity index (χ0n) is 24.3. The fourth-order valence-electron chi connectivity index (χ4n) is 7.21. The first-order valence-corrected chi connectivity index (χ1v) is 15.9. The summed E-state index contributed by atoms with van der Waals surface area (Å²) in [4.78, 5) is 3.74. The van der Waals surface area contributed by atoms with Gasteiger partial charge in [0.15, 0.2) is 6.73 Å². The van der Waals surface area contributed by atoms with Crippen LogP contribution in [-0.2, 0) is 35.8 Å². The highest BCUT2D eigenvalue weighted by molar-refractivity contribution is 6.42. The van der Waals surface area contributed by atoms with Gasteiger partial charge in [-0.2, -0.15) is 0 Å². The van der Waals surface area contributed by atoms with E-state index >= 15 is 0 Å². The largest absolute Gasteiger partial charge is 0.479 e. The van der Waals surface area contributed by atoms with Gasteiger partial charge in [-0.15, -0.1) is 0 Å². The maximum absolute atomic E-state index is 10.00. The number of aryl methyl sites for hydroxylation is 1. The van der Waals surface area contributed by atoms with Crippen LogP contribution in [0.1, 0.15) is 52.6 Å². The molecule has 3 nitrogen and oxygen atoms in total. The van der Waals surface area contributed by atoms with E-state index in [-0.39, 0.29) is 12.0 Å². The first kappa shape index (κ1) is 29.7. The normalized spacial score (nSPS) is 19.7. The predicted octanol–water partition coefficient (Wildman–Crippen LogP) is 9.18. The van der Waals surface area contributed by atoms with E-state index in [1.807, 2.05) is 6.07 Å². The van der Waals surface area contributed by atoms with Crippen molar-refractivity contribution in [1.29, 1.82) is 0 Å². The van der Waals surface area contributed by atoms with E-state index in [0.29, 0.717) is 22.7 Å². The second kappa shape index (κ2) is 13.5. The molecule has 0 bridgehead atoms. The van der Waals surface area contributed by atoms with Crippen LogP contribution in [0.2, 0.25) is 10.0 Å². The molecule has 0 fully saturated rings. The van der Waals surface area contributed by atoms with Crippen molar-refractivity contribution in [3.63, 3.8) is 0 Å². The minimum atomic E-state index is -0.263. The van der Waals surface area contributed by atoms with Gasteiger partial charge in [-0.3, -0.25) is 4.99 Å². The van der Waals surface area contributed by atoms with Crippen molar-refractivity contribution >= 4 is 29.4 Å². The Kier molecular flexibility index (Phi) is 9.33. The number of halogens is 2. The SMILES string of the molecule is C1=COCN=C1.OCCCC1(c2ccc(Cl)c(Cl)c2)Cc2ccccc2-c2ccc3c(c21)CC(Cc1ccccc1)CC3. The van der Waals surface area contributed by atoms with E-state index in [1.54, 1.807) is 18.6 Å². The minimum absolute atomic E-state index is 0.172. The second-order valence-corrected chi connectivity index (χ2v) is 12.6. The second-order valence-electron chi connectivity index (χ2n) is 11.8. The van der Waals surface area contributed by atoms with E-state index in [9.17, 15) is 5.11 Å². The zero-order valence-corrected chi connectivity index (χ0v) is 25.8. The van der Waals surface area contributed by atoms with Gasteiger partial charge in [-0.1, -0.05) is 96.0 Å². The van der Waals surface area contributed by atoms with Crippen LogP contribution in [0.4, 0.5) is 0 Å². The standard InChI is InChI=1S/C34H32Cl2O.C4H5NO/c35-31-16-14-27(21-32(31)36)34(17-6-18-37)22-26-9-4-5-10-28(26)29-15-13-25-12-11-24(20-30(25)33(29)34)19-23-7-2-1-3-8-23;1-2-5-4-6-3-1/h1-5,7-10,13-16,21,24,37H,6,11-12,17-20,22H2;1-3H,4H2. The lowest BCUT2D eigenvalue weighted by Gasteiger charge is -2.44. The molecule has 0 amide bonds. The van der Waals surface area contributed by atoms with Crippen molar-refractivity contribution in [1.82, 2.24) is 0 Å². The number of benzene rings is 4. The fourth-order valence-corrected chi connectivity index (χ4v) is 7.51. The van der Waals surface area contributed by atoms with Gasteiger partial charge >= 0.3 is 0 Å². The molecule has 0 spiro atoms. The molecule has 4 aromatic carbocycles. The van der Waals surface area contributed by atoms with Crippen LogP contribution in [-0.4, -0.2) is 24.7 Å². The number of hydrogen-bond acceptors (Lipinski definition) is 3. The average molecular weight is 611 g/mol. The molecule has 4 aromatic rings. The van der Waals surface area contributed by atoms with Crippen molar-refractivity contribution in [3.8, 4) is 11.1 Å². The summed E-state index contributed by atoms with van der Waals surface area (Å²) in [5.41, 5.74) is 10.8. The number of rotatable bonds is 6. The molecule has 0 saturated heterocycles. The summed E-state index contributed by atoms with van der Waals surface area (Å²) in [6.45, 7) is 0.655. The van der Waals surface area contributed by atoms with Crippen LogP contribution < -0.4 is 0 Å². The van der Waals surface area contributed by atoms with Crippen LogP contribution in [0.15, 0.2) is 102 Å².